The third-order valence-corrected chi connectivity index (χ3v) is 2.82. The summed E-state index contributed by atoms with van der Waals surface area (Å²) in [6.45, 7) is 0.432. The Labute approximate surface area is 65.7 Å². The minimum Gasteiger partial charge on any atom is -0.325 e. The number of hydrogen-bond acceptors (Lipinski definition) is 4. The Kier molecular flexibility index (Phi) is 2.53. The molecule has 0 amide bonds. The lowest BCUT2D eigenvalue weighted by Gasteiger charge is -1.84. The van der Waals surface area contributed by atoms with Crippen molar-refractivity contribution in [2.75, 3.05) is 6.26 Å². The van der Waals surface area contributed by atoms with Crippen molar-refractivity contribution in [3.63, 3.8) is 0 Å². The first-order chi connectivity index (χ1) is 4.74. The topological polar surface area (TPSA) is 56.0 Å². The monoisotopic (exact) mass is 176 g/mol. The molecule has 0 aliphatic carbocycles. The zero-order chi connectivity index (χ0) is 7.56. The Balaban J connectivity index is 2.88. The Hall–Kier alpha value is -0.260. The number of nitrogens with two attached hydrogens (primary N) is 1. The average Bonchev–Trinajstić information content (AvgIpc) is 2.34. The van der Waals surface area contributed by atoms with E-state index in [4.69, 9.17) is 5.73 Å². The molecule has 56 valence electrons. The van der Waals surface area contributed by atoms with E-state index in [1.54, 1.807) is 11.6 Å². The molecule has 5 heteroatoms. The van der Waals surface area contributed by atoms with Gasteiger partial charge in [0.25, 0.3) is 0 Å². The van der Waals surface area contributed by atoms with E-state index in [2.05, 4.69) is 4.98 Å². The fourth-order valence-electron chi connectivity index (χ4n) is 0.520. The number of rotatable bonds is 2. The van der Waals surface area contributed by atoms with Crippen molar-refractivity contribution < 1.29 is 4.21 Å². The van der Waals surface area contributed by atoms with Gasteiger partial charge in [-0.15, -0.1) is 11.3 Å². The Morgan fingerprint density at radius 3 is 2.90 bits per heavy atom. The molecule has 0 spiro atoms. The lowest BCUT2D eigenvalue weighted by atomic mass is 10.7. The third-order valence-electron chi connectivity index (χ3n) is 1.000. The van der Waals surface area contributed by atoms with Crippen molar-refractivity contribution in [2.45, 2.75) is 11.6 Å². The van der Waals surface area contributed by atoms with Crippen molar-refractivity contribution in [1.82, 2.24) is 4.98 Å². The van der Waals surface area contributed by atoms with Crippen molar-refractivity contribution in [2.24, 2.45) is 5.73 Å². The van der Waals surface area contributed by atoms with Gasteiger partial charge < -0.3 is 5.73 Å². The van der Waals surface area contributed by atoms with Crippen LogP contribution in [0, 0.1) is 0 Å². The van der Waals surface area contributed by atoms with E-state index in [-0.39, 0.29) is 0 Å². The second-order valence-electron chi connectivity index (χ2n) is 1.74. The maximum Gasteiger partial charge on any atom is 0.138 e. The van der Waals surface area contributed by atoms with Crippen LogP contribution in [-0.2, 0) is 17.3 Å². The summed E-state index contributed by atoms with van der Waals surface area (Å²) in [4.78, 5) is 4.02. The van der Waals surface area contributed by atoms with Gasteiger partial charge in [0.2, 0.25) is 0 Å². The highest BCUT2D eigenvalue weighted by Gasteiger charge is 2.01. The molecule has 0 saturated heterocycles. The van der Waals surface area contributed by atoms with E-state index < -0.39 is 10.8 Å². The molecular formula is C5H8N2OS2. The predicted octanol–water partition coefficient (Wildman–Crippen LogP) is 0.339. The molecule has 0 aliphatic rings. The summed E-state index contributed by atoms with van der Waals surface area (Å²) in [6.07, 6.45) is 1.61. The van der Waals surface area contributed by atoms with E-state index in [1.807, 2.05) is 0 Å². The predicted molar refractivity (Wildman–Crippen MR) is 42.3 cm³/mol. The summed E-state index contributed by atoms with van der Waals surface area (Å²) < 4.78 is 10.8. The van der Waals surface area contributed by atoms with E-state index in [1.165, 1.54) is 11.3 Å². The first kappa shape index (κ1) is 7.84. The molecule has 0 aliphatic heterocycles. The molecule has 0 bridgehead atoms. The summed E-state index contributed by atoms with van der Waals surface area (Å²) in [6, 6.07) is 0. The maximum absolute atomic E-state index is 10.8. The molecule has 1 rings (SSSR count). The number of hydrogen-bond donors (Lipinski definition) is 1. The standard InChI is InChI=1S/C5H8N2OS2/c1-10(8)5-3-9-4(2-6)7-5/h3H,2,6H2,1H3. The molecule has 1 heterocycles. The van der Waals surface area contributed by atoms with Gasteiger partial charge >= 0.3 is 0 Å². The van der Waals surface area contributed by atoms with Gasteiger partial charge in [-0.25, -0.2) is 4.98 Å². The van der Waals surface area contributed by atoms with Crippen molar-refractivity contribution >= 4 is 22.1 Å². The molecule has 1 aromatic rings. The zero-order valence-corrected chi connectivity index (χ0v) is 7.17. The van der Waals surface area contributed by atoms with Crippen molar-refractivity contribution in [1.29, 1.82) is 0 Å². The van der Waals surface area contributed by atoms with Gasteiger partial charge in [0, 0.05) is 18.2 Å². The molecule has 1 aromatic heterocycles. The average molecular weight is 176 g/mol. The molecule has 0 saturated carbocycles. The van der Waals surface area contributed by atoms with Crippen LogP contribution in [0.3, 0.4) is 0 Å². The fraction of sp³-hybridized carbons (Fsp3) is 0.400. The molecule has 1 unspecified atom stereocenters. The van der Waals surface area contributed by atoms with Gasteiger partial charge in [-0.3, -0.25) is 4.21 Å². The Morgan fingerprint density at radius 1 is 1.90 bits per heavy atom. The smallest absolute Gasteiger partial charge is 0.138 e. The van der Waals surface area contributed by atoms with Gasteiger partial charge in [-0.1, -0.05) is 0 Å². The number of thiazole rings is 1. The summed E-state index contributed by atoms with van der Waals surface area (Å²) in [5.41, 5.74) is 5.31. The van der Waals surface area contributed by atoms with Crippen LogP contribution >= 0.6 is 11.3 Å². The van der Waals surface area contributed by atoms with E-state index in [0.29, 0.717) is 11.6 Å². The largest absolute Gasteiger partial charge is 0.325 e. The molecule has 0 fully saturated rings. The van der Waals surface area contributed by atoms with Crippen LogP contribution in [0.2, 0.25) is 0 Å². The fourth-order valence-corrected chi connectivity index (χ4v) is 2.04. The van der Waals surface area contributed by atoms with Gasteiger partial charge in [0.1, 0.15) is 10.0 Å². The molecule has 0 radical (unpaired) electrons. The van der Waals surface area contributed by atoms with Crippen LogP contribution < -0.4 is 5.73 Å². The molecule has 1 atom stereocenters. The van der Waals surface area contributed by atoms with Crippen LogP contribution in [0.25, 0.3) is 0 Å². The second-order valence-corrected chi connectivity index (χ2v) is 4.01. The minimum atomic E-state index is -0.966. The first-order valence-corrected chi connectivity index (χ1v) is 5.15. The summed E-state index contributed by atoms with van der Waals surface area (Å²) >= 11 is 1.45. The highest BCUT2D eigenvalue weighted by atomic mass is 32.2. The highest BCUT2D eigenvalue weighted by Crippen LogP contribution is 2.10. The molecule has 2 N–H and O–H groups in total. The van der Waals surface area contributed by atoms with Gasteiger partial charge in [-0.05, 0) is 0 Å². The quantitative estimate of drug-likeness (QED) is 0.707. The molecule has 0 aromatic carbocycles. The Morgan fingerprint density at radius 2 is 2.60 bits per heavy atom. The van der Waals surface area contributed by atoms with Gasteiger partial charge in [0.15, 0.2) is 0 Å². The van der Waals surface area contributed by atoms with Crippen LogP contribution in [0.15, 0.2) is 10.4 Å². The minimum absolute atomic E-state index is 0.432. The number of aromatic nitrogens is 1. The highest BCUT2D eigenvalue weighted by molar-refractivity contribution is 7.84. The SMILES string of the molecule is CS(=O)c1csc(CN)n1. The first-order valence-electron chi connectivity index (χ1n) is 2.72. The van der Waals surface area contributed by atoms with Crippen LogP contribution in [0.1, 0.15) is 5.01 Å². The molecule has 10 heavy (non-hydrogen) atoms. The van der Waals surface area contributed by atoms with Gasteiger partial charge in [-0.2, -0.15) is 0 Å². The lowest BCUT2D eigenvalue weighted by Crippen LogP contribution is -1.96. The Bertz CT molecular complexity index is 246. The molecular weight excluding hydrogens is 168 g/mol. The van der Waals surface area contributed by atoms with Crippen molar-refractivity contribution in [3.05, 3.63) is 10.4 Å². The van der Waals surface area contributed by atoms with E-state index >= 15 is 0 Å². The number of nitrogens with zero attached hydrogens (tertiary/aromatic N) is 1. The van der Waals surface area contributed by atoms with E-state index in [9.17, 15) is 4.21 Å². The third kappa shape index (κ3) is 1.62. The van der Waals surface area contributed by atoms with Crippen LogP contribution in [0.4, 0.5) is 0 Å². The normalized spacial score (nSPS) is 13.4. The van der Waals surface area contributed by atoms with Crippen LogP contribution in [0.5, 0.6) is 0 Å². The summed E-state index contributed by atoms with van der Waals surface area (Å²) in [7, 11) is -0.966. The zero-order valence-electron chi connectivity index (χ0n) is 5.53. The summed E-state index contributed by atoms with van der Waals surface area (Å²) in [5.74, 6) is 0. The van der Waals surface area contributed by atoms with Crippen LogP contribution in [-0.4, -0.2) is 15.4 Å². The summed E-state index contributed by atoms with van der Waals surface area (Å²) in [5, 5.41) is 3.24. The van der Waals surface area contributed by atoms with Crippen molar-refractivity contribution in [3.8, 4) is 0 Å². The van der Waals surface area contributed by atoms with E-state index in [0.717, 1.165) is 5.01 Å². The lowest BCUT2D eigenvalue weighted by molar-refractivity contribution is 0.684. The maximum atomic E-state index is 10.8. The molecule has 3 nitrogen and oxygen atoms in total. The second kappa shape index (κ2) is 3.23. The van der Waals surface area contributed by atoms with Gasteiger partial charge in [0.05, 0.1) is 10.8 Å².